The van der Waals surface area contributed by atoms with E-state index in [-0.39, 0.29) is 5.41 Å². The number of unbranched alkanes of at least 4 members (excludes halogenated alkanes) is 1. The van der Waals surface area contributed by atoms with Gasteiger partial charge >= 0.3 is 0 Å². The topological polar surface area (TPSA) is 45.0 Å². The van der Waals surface area contributed by atoms with E-state index < -0.39 is 0 Å². The van der Waals surface area contributed by atoms with Gasteiger partial charge in [-0.15, -0.1) is 6.58 Å². The van der Waals surface area contributed by atoms with Gasteiger partial charge in [0.25, 0.3) is 0 Å². The van der Waals surface area contributed by atoms with E-state index in [1.807, 2.05) is 19.9 Å². The molecule has 0 saturated heterocycles. The van der Waals surface area contributed by atoms with Crippen LogP contribution in [0.3, 0.4) is 0 Å². The molecule has 0 spiro atoms. The van der Waals surface area contributed by atoms with Crippen molar-refractivity contribution in [3.63, 3.8) is 0 Å². The lowest BCUT2D eigenvalue weighted by atomic mass is 9.89. The van der Waals surface area contributed by atoms with Crippen LogP contribution in [0, 0.1) is 16.7 Å². The lowest BCUT2D eigenvalue weighted by Crippen LogP contribution is -2.21. The van der Waals surface area contributed by atoms with Gasteiger partial charge < -0.3 is 10.1 Å². The second-order valence-corrected chi connectivity index (χ2v) is 4.89. The molecular weight excluding hydrogens is 212 g/mol. The van der Waals surface area contributed by atoms with Crippen molar-refractivity contribution in [2.24, 2.45) is 5.41 Å². The van der Waals surface area contributed by atoms with Crippen molar-refractivity contribution in [1.29, 1.82) is 5.26 Å². The summed E-state index contributed by atoms with van der Waals surface area (Å²) in [5.74, 6) is 0. The van der Waals surface area contributed by atoms with Crippen molar-refractivity contribution in [2.75, 3.05) is 26.3 Å². The van der Waals surface area contributed by atoms with Crippen LogP contribution in [0.1, 0.15) is 39.5 Å². The normalized spacial score (nSPS) is 11.1. The molecule has 0 aliphatic rings. The van der Waals surface area contributed by atoms with Crippen molar-refractivity contribution >= 4 is 0 Å². The van der Waals surface area contributed by atoms with Gasteiger partial charge in [0.05, 0.1) is 24.7 Å². The molecule has 0 saturated carbocycles. The van der Waals surface area contributed by atoms with Crippen LogP contribution in [0.5, 0.6) is 0 Å². The Morgan fingerprint density at radius 3 is 2.71 bits per heavy atom. The fourth-order valence-electron chi connectivity index (χ4n) is 1.41. The first-order valence-corrected chi connectivity index (χ1v) is 6.43. The summed E-state index contributed by atoms with van der Waals surface area (Å²) in [6, 6.07) is 2.32. The minimum absolute atomic E-state index is 0.173. The molecule has 0 heterocycles. The maximum atomic E-state index is 8.85. The minimum atomic E-state index is -0.173. The monoisotopic (exact) mass is 238 g/mol. The number of nitrogens with zero attached hydrogens (tertiary/aromatic N) is 1. The highest BCUT2D eigenvalue weighted by atomic mass is 16.5. The van der Waals surface area contributed by atoms with Crippen LogP contribution in [0.25, 0.3) is 0 Å². The maximum absolute atomic E-state index is 8.85. The Morgan fingerprint density at radius 1 is 1.29 bits per heavy atom. The zero-order valence-electron chi connectivity index (χ0n) is 11.3. The van der Waals surface area contributed by atoms with Crippen molar-refractivity contribution in [1.82, 2.24) is 5.32 Å². The standard InChI is InChI=1S/C14H26N2O/c1-4-5-11-17-12-10-16-9-7-6-8-14(2,3)13-15/h4,16H,1,5-12H2,2-3H3. The van der Waals surface area contributed by atoms with E-state index in [4.69, 9.17) is 10.00 Å². The smallest absolute Gasteiger partial charge is 0.0683 e. The SMILES string of the molecule is C=CCCOCCNCCCCC(C)(C)C#N. The van der Waals surface area contributed by atoms with E-state index >= 15 is 0 Å². The summed E-state index contributed by atoms with van der Waals surface area (Å²) in [5, 5.41) is 12.2. The molecule has 0 bridgehead atoms. The van der Waals surface area contributed by atoms with Gasteiger partial charge in [-0.1, -0.05) is 12.5 Å². The third-order valence-corrected chi connectivity index (χ3v) is 2.60. The third kappa shape index (κ3) is 11.4. The van der Waals surface area contributed by atoms with Crippen LogP contribution in [0.4, 0.5) is 0 Å². The molecule has 17 heavy (non-hydrogen) atoms. The Kier molecular flexibility index (Phi) is 9.80. The van der Waals surface area contributed by atoms with Crippen LogP contribution in [-0.2, 0) is 4.74 Å². The molecule has 98 valence electrons. The molecule has 0 rings (SSSR count). The predicted octanol–water partition coefficient (Wildman–Crippen LogP) is 2.89. The van der Waals surface area contributed by atoms with Crippen molar-refractivity contribution < 1.29 is 4.74 Å². The zero-order chi connectivity index (χ0) is 13.0. The van der Waals surface area contributed by atoms with Crippen molar-refractivity contribution in [2.45, 2.75) is 39.5 Å². The molecule has 0 fully saturated rings. The van der Waals surface area contributed by atoms with Gasteiger partial charge in [0.15, 0.2) is 0 Å². The highest BCUT2D eigenvalue weighted by molar-refractivity contribution is 4.91. The second kappa shape index (κ2) is 10.3. The lowest BCUT2D eigenvalue weighted by molar-refractivity contribution is 0.140. The first-order valence-electron chi connectivity index (χ1n) is 6.43. The number of hydrogen-bond acceptors (Lipinski definition) is 3. The summed E-state index contributed by atoms with van der Waals surface area (Å²) in [6.45, 7) is 11.1. The summed E-state index contributed by atoms with van der Waals surface area (Å²) >= 11 is 0. The molecule has 0 aromatic rings. The number of nitrogens with one attached hydrogen (secondary N) is 1. The van der Waals surface area contributed by atoms with Gasteiger partial charge in [0, 0.05) is 6.54 Å². The highest BCUT2D eigenvalue weighted by Crippen LogP contribution is 2.21. The Balaban J connectivity index is 3.14. The van der Waals surface area contributed by atoms with Crippen LogP contribution in [0.2, 0.25) is 0 Å². The quantitative estimate of drug-likeness (QED) is 0.444. The van der Waals surface area contributed by atoms with E-state index in [0.29, 0.717) is 0 Å². The molecule has 0 aromatic carbocycles. The van der Waals surface area contributed by atoms with E-state index in [2.05, 4.69) is 18.0 Å². The summed E-state index contributed by atoms with van der Waals surface area (Å²) in [4.78, 5) is 0. The van der Waals surface area contributed by atoms with Crippen molar-refractivity contribution in [3.05, 3.63) is 12.7 Å². The number of rotatable bonds is 11. The van der Waals surface area contributed by atoms with Crippen LogP contribution in [0.15, 0.2) is 12.7 Å². The van der Waals surface area contributed by atoms with E-state index in [0.717, 1.165) is 52.0 Å². The van der Waals surface area contributed by atoms with Crippen LogP contribution >= 0.6 is 0 Å². The number of nitriles is 1. The molecule has 0 aliphatic carbocycles. The van der Waals surface area contributed by atoms with Crippen molar-refractivity contribution in [3.8, 4) is 6.07 Å². The molecule has 3 nitrogen and oxygen atoms in total. The zero-order valence-corrected chi connectivity index (χ0v) is 11.3. The van der Waals surface area contributed by atoms with E-state index in [1.54, 1.807) is 0 Å². The van der Waals surface area contributed by atoms with E-state index in [1.165, 1.54) is 0 Å². The maximum Gasteiger partial charge on any atom is 0.0683 e. The molecule has 0 radical (unpaired) electrons. The molecule has 3 heteroatoms. The summed E-state index contributed by atoms with van der Waals surface area (Å²) in [5.41, 5.74) is -0.173. The minimum Gasteiger partial charge on any atom is -0.380 e. The van der Waals surface area contributed by atoms with Gasteiger partial charge in [-0.05, 0) is 39.7 Å². The molecule has 0 aliphatic heterocycles. The molecule has 0 atom stereocenters. The Labute approximate surface area is 106 Å². The largest absolute Gasteiger partial charge is 0.380 e. The molecule has 0 amide bonds. The van der Waals surface area contributed by atoms with Gasteiger partial charge in [-0.2, -0.15) is 5.26 Å². The Morgan fingerprint density at radius 2 is 2.06 bits per heavy atom. The number of ether oxygens (including phenoxy) is 1. The predicted molar refractivity (Wildman–Crippen MR) is 71.7 cm³/mol. The van der Waals surface area contributed by atoms with Gasteiger partial charge in [-0.3, -0.25) is 0 Å². The van der Waals surface area contributed by atoms with Crippen LogP contribution in [-0.4, -0.2) is 26.3 Å². The Hall–Kier alpha value is -0.850. The molecule has 1 N–H and O–H groups in total. The molecule has 0 unspecified atom stereocenters. The highest BCUT2D eigenvalue weighted by Gasteiger charge is 2.14. The average molecular weight is 238 g/mol. The van der Waals surface area contributed by atoms with Gasteiger partial charge in [-0.25, -0.2) is 0 Å². The lowest BCUT2D eigenvalue weighted by Gasteiger charge is -2.14. The number of hydrogen-bond donors (Lipinski definition) is 1. The fraction of sp³-hybridized carbons (Fsp3) is 0.786. The molecular formula is C14H26N2O. The molecule has 0 aromatic heterocycles. The van der Waals surface area contributed by atoms with E-state index in [9.17, 15) is 0 Å². The Bertz CT molecular complexity index is 231. The van der Waals surface area contributed by atoms with Gasteiger partial charge in [0.1, 0.15) is 0 Å². The fourth-order valence-corrected chi connectivity index (χ4v) is 1.41. The third-order valence-electron chi connectivity index (χ3n) is 2.60. The summed E-state index contributed by atoms with van der Waals surface area (Å²) in [6.07, 6.45) is 5.98. The second-order valence-electron chi connectivity index (χ2n) is 4.89. The summed E-state index contributed by atoms with van der Waals surface area (Å²) in [7, 11) is 0. The van der Waals surface area contributed by atoms with Crippen LogP contribution < -0.4 is 5.32 Å². The van der Waals surface area contributed by atoms with Gasteiger partial charge in [0.2, 0.25) is 0 Å². The summed E-state index contributed by atoms with van der Waals surface area (Å²) < 4.78 is 5.38. The first-order chi connectivity index (χ1) is 8.12. The average Bonchev–Trinajstić information content (AvgIpc) is 2.31. The first kappa shape index (κ1) is 16.1.